The Morgan fingerprint density at radius 3 is 3.08 bits per heavy atom. The highest BCUT2D eigenvalue weighted by molar-refractivity contribution is 8.02. The van der Waals surface area contributed by atoms with Gasteiger partial charge in [-0.25, -0.2) is 0 Å². The van der Waals surface area contributed by atoms with Crippen LogP contribution < -0.4 is 5.73 Å². The highest BCUT2D eigenvalue weighted by Crippen LogP contribution is 2.30. The van der Waals surface area contributed by atoms with Crippen molar-refractivity contribution in [2.75, 3.05) is 0 Å². The summed E-state index contributed by atoms with van der Waals surface area (Å²) in [6, 6.07) is 6.29. The van der Waals surface area contributed by atoms with E-state index in [0.717, 1.165) is 11.3 Å². The van der Waals surface area contributed by atoms with Crippen LogP contribution in [0.25, 0.3) is 5.70 Å². The number of hydrogen-bond acceptors (Lipinski definition) is 2. The highest BCUT2D eigenvalue weighted by Gasteiger charge is 2.07. The molecule has 1 aromatic carbocycles. The van der Waals surface area contributed by atoms with Gasteiger partial charge < -0.3 is 5.73 Å². The third-order valence-corrected chi connectivity index (χ3v) is 2.67. The Morgan fingerprint density at radius 2 is 2.25 bits per heavy atom. The molecule has 2 rings (SSSR count). The van der Waals surface area contributed by atoms with Crippen molar-refractivity contribution in [2.24, 2.45) is 5.73 Å². The van der Waals surface area contributed by atoms with E-state index in [1.807, 2.05) is 5.41 Å². The van der Waals surface area contributed by atoms with Crippen molar-refractivity contribution in [3.63, 3.8) is 0 Å². The summed E-state index contributed by atoms with van der Waals surface area (Å²) in [6.45, 7) is 2.07. The van der Waals surface area contributed by atoms with Crippen molar-refractivity contribution < 1.29 is 0 Å². The molecule has 1 aromatic rings. The predicted octanol–water partition coefficient (Wildman–Crippen LogP) is 2.51. The Hall–Kier alpha value is -1.11. The van der Waals surface area contributed by atoms with Crippen LogP contribution in [0.2, 0.25) is 0 Å². The maximum Gasteiger partial charge on any atom is 0.0838 e. The van der Waals surface area contributed by atoms with Gasteiger partial charge in [0.15, 0.2) is 0 Å². The molecule has 12 heavy (non-hydrogen) atoms. The lowest BCUT2D eigenvalue weighted by Crippen LogP contribution is -1.98. The van der Waals surface area contributed by atoms with E-state index < -0.39 is 0 Å². The number of benzene rings is 1. The van der Waals surface area contributed by atoms with Gasteiger partial charge in [-0.1, -0.05) is 29.1 Å². The van der Waals surface area contributed by atoms with Crippen molar-refractivity contribution in [1.29, 1.82) is 0 Å². The average molecular weight is 175 g/mol. The van der Waals surface area contributed by atoms with E-state index in [-0.39, 0.29) is 0 Å². The lowest BCUT2D eigenvalue weighted by molar-refractivity contribution is 1.31. The Labute approximate surface area is 76.0 Å². The van der Waals surface area contributed by atoms with Crippen LogP contribution in [-0.4, -0.2) is 0 Å². The first-order chi connectivity index (χ1) is 5.77. The van der Waals surface area contributed by atoms with Crippen LogP contribution in [0.1, 0.15) is 11.1 Å². The SMILES string of the molecule is Cc1ccc2c(c1)C(N)=C=CS2. The van der Waals surface area contributed by atoms with Gasteiger partial charge in [-0.2, -0.15) is 0 Å². The Kier molecular flexibility index (Phi) is 1.72. The van der Waals surface area contributed by atoms with E-state index in [0.29, 0.717) is 0 Å². The second-order valence-electron chi connectivity index (χ2n) is 2.79. The molecule has 0 atom stereocenters. The fraction of sp³-hybridized carbons (Fsp3) is 0.100. The summed E-state index contributed by atoms with van der Waals surface area (Å²) in [5.74, 6) is 0. The molecule has 1 heterocycles. The summed E-state index contributed by atoms with van der Waals surface area (Å²) in [6.07, 6.45) is 0. The van der Waals surface area contributed by atoms with Gasteiger partial charge in [0, 0.05) is 15.9 Å². The number of fused-ring (bicyclic) bond motifs is 1. The first-order valence-corrected chi connectivity index (χ1v) is 4.63. The molecule has 1 aliphatic rings. The number of rotatable bonds is 0. The third-order valence-electron chi connectivity index (χ3n) is 1.83. The van der Waals surface area contributed by atoms with Crippen molar-refractivity contribution in [3.05, 3.63) is 40.5 Å². The first-order valence-electron chi connectivity index (χ1n) is 3.76. The van der Waals surface area contributed by atoms with Crippen LogP contribution in [0.15, 0.2) is 34.2 Å². The maximum absolute atomic E-state index is 5.78. The minimum absolute atomic E-state index is 0.743. The zero-order valence-corrected chi connectivity index (χ0v) is 7.61. The molecule has 1 aliphatic heterocycles. The van der Waals surface area contributed by atoms with Crippen molar-refractivity contribution >= 4 is 17.5 Å². The second kappa shape index (κ2) is 2.74. The molecular formula is C10H9NS. The van der Waals surface area contributed by atoms with Gasteiger partial charge in [-0.15, -0.1) is 0 Å². The smallest absolute Gasteiger partial charge is 0.0838 e. The van der Waals surface area contributed by atoms with E-state index in [4.69, 9.17) is 5.73 Å². The quantitative estimate of drug-likeness (QED) is 0.613. The molecular weight excluding hydrogens is 166 g/mol. The van der Waals surface area contributed by atoms with Crippen LogP contribution in [0.4, 0.5) is 0 Å². The lowest BCUT2D eigenvalue weighted by Gasteiger charge is -2.09. The molecule has 2 N–H and O–H groups in total. The molecule has 60 valence electrons. The van der Waals surface area contributed by atoms with Crippen LogP contribution >= 0.6 is 11.8 Å². The van der Waals surface area contributed by atoms with Crippen molar-refractivity contribution in [3.8, 4) is 0 Å². The van der Waals surface area contributed by atoms with Crippen LogP contribution in [0.3, 0.4) is 0 Å². The van der Waals surface area contributed by atoms with E-state index in [1.54, 1.807) is 11.8 Å². The number of aryl methyl sites for hydroxylation is 1. The Bertz CT molecular complexity index is 387. The highest BCUT2D eigenvalue weighted by atomic mass is 32.2. The molecule has 0 unspecified atom stereocenters. The first kappa shape index (κ1) is 7.53. The zero-order chi connectivity index (χ0) is 8.55. The molecule has 0 saturated heterocycles. The summed E-state index contributed by atoms with van der Waals surface area (Å²) >= 11 is 1.66. The molecule has 1 nitrogen and oxygen atoms in total. The summed E-state index contributed by atoms with van der Waals surface area (Å²) in [5.41, 5.74) is 11.9. The molecule has 0 radical (unpaired) electrons. The normalized spacial score (nSPS) is 13.9. The van der Waals surface area contributed by atoms with Gasteiger partial charge >= 0.3 is 0 Å². The van der Waals surface area contributed by atoms with Gasteiger partial charge in [-0.3, -0.25) is 0 Å². The molecule has 0 spiro atoms. The van der Waals surface area contributed by atoms with E-state index in [9.17, 15) is 0 Å². The van der Waals surface area contributed by atoms with Gasteiger partial charge in [-0.05, 0) is 19.1 Å². The Morgan fingerprint density at radius 1 is 1.42 bits per heavy atom. The topological polar surface area (TPSA) is 26.0 Å². The minimum Gasteiger partial charge on any atom is -0.392 e. The summed E-state index contributed by atoms with van der Waals surface area (Å²) < 4.78 is 0. The van der Waals surface area contributed by atoms with E-state index in [2.05, 4.69) is 30.9 Å². The van der Waals surface area contributed by atoms with Crippen molar-refractivity contribution in [2.45, 2.75) is 11.8 Å². The molecule has 0 amide bonds. The molecule has 0 aliphatic carbocycles. The molecule has 2 heteroatoms. The number of nitrogens with two attached hydrogens (primary N) is 1. The third kappa shape index (κ3) is 1.15. The van der Waals surface area contributed by atoms with Gasteiger partial charge in [0.1, 0.15) is 0 Å². The Balaban J connectivity index is 2.66. The molecule has 0 saturated carbocycles. The van der Waals surface area contributed by atoms with Gasteiger partial charge in [0.05, 0.1) is 5.70 Å². The lowest BCUT2D eigenvalue weighted by atomic mass is 10.1. The maximum atomic E-state index is 5.78. The zero-order valence-electron chi connectivity index (χ0n) is 6.79. The van der Waals surface area contributed by atoms with Crippen LogP contribution in [-0.2, 0) is 0 Å². The van der Waals surface area contributed by atoms with Gasteiger partial charge in [0.25, 0.3) is 0 Å². The van der Waals surface area contributed by atoms with Crippen LogP contribution in [0, 0.1) is 6.92 Å². The molecule has 0 fully saturated rings. The molecule has 0 bridgehead atoms. The monoisotopic (exact) mass is 175 g/mol. The van der Waals surface area contributed by atoms with Crippen LogP contribution in [0.5, 0.6) is 0 Å². The number of hydrogen-bond donors (Lipinski definition) is 1. The predicted molar refractivity (Wildman–Crippen MR) is 52.7 cm³/mol. The fourth-order valence-corrected chi connectivity index (χ4v) is 1.95. The van der Waals surface area contributed by atoms with E-state index >= 15 is 0 Å². The van der Waals surface area contributed by atoms with Crippen molar-refractivity contribution in [1.82, 2.24) is 0 Å². The standard InChI is InChI=1S/C10H9NS/c1-7-2-3-10-8(6-7)9(11)4-5-12-10/h2-3,5-6H,11H2,1H3. The number of thioether (sulfide) groups is 1. The molecule has 0 aromatic heterocycles. The summed E-state index contributed by atoms with van der Waals surface area (Å²) in [4.78, 5) is 1.22. The summed E-state index contributed by atoms with van der Waals surface area (Å²) in [5, 5.41) is 1.90. The largest absolute Gasteiger partial charge is 0.392 e. The second-order valence-corrected chi connectivity index (χ2v) is 3.70. The summed E-state index contributed by atoms with van der Waals surface area (Å²) in [7, 11) is 0. The fourth-order valence-electron chi connectivity index (χ4n) is 1.19. The van der Waals surface area contributed by atoms with Gasteiger partial charge in [0.2, 0.25) is 0 Å². The minimum atomic E-state index is 0.743. The van der Waals surface area contributed by atoms with E-state index in [1.165, 1.54) is 10.5 Å². The average Bonchev–Trinajstić information content (AvgIpc) is 2.07.